The summed E-state index contributed by atoms with van der Waals surface area (Å²) in [5.41, 5.74) is 1.09. The van der Waals surface area contributed by atoms with Crippen LogP contribution in [0.3, 0.4) is 0 Å². The van der Waals surface area contributed by atoms with Gasteiger partial charge in [-0.3, -0.25) is 19.6 Å². The highest BCUT2D eigenvalue weighted by molar-refractivity contribution is 7.94. The molecule has 2 aromatic carbocycles. The average molecular weight is 418 g/mol. The molecule has 9 nitrogen and oxygen atoms in total. The molecule has 0 aromatic heterocycles. The molecule has 5 N–H and O–H groups in total. The number of anilines is 1. The van der Waals surface area contributed by atoms with E-state index >= 15 is 0 Å². The molecule has 0 radical (unpaired) electrons. The molecule has 1 saturated heterocycles. The Morgan fingerprint density at radius 1 is 1.10 bits per heavy atom. The van der Waals surface area contributed by atoms with E-state index in [0.29, 0.717) is 0 Å². The second-order valence-electron chi connectivity index (χ2n) is 6.65. The molecule has 3 atom stereocenters. The van der Waals surface area contributed by atoms with Crippen LogP contribution in [0.2, 0.25) is 0 Å². The van der Waals surface area contributed by atoms with Crippen molar-refractivity contribution in [2.75, 3.05) is 4.72 Å². The molecule has 0 aliphatic carbocycles. The van der Waals surface area contributed by atoms with Crippen molar-refractivity contribution in [1.29, 1.82) is 0 Å². The van der Waals surface area contributed by atoms with E-state index in [-0.39, 0.29) is 17.8 Å². The van der Waals surface area contributed by atoms with E-state index in [4.69, 9.17) is 0 Å². The molecule has 3 unspecified atom stereocenters. The van der Waals surface area contributed by atoms with Crippen LogP contribution in [0, 0.1) is 0 Å². The summed E-state index contributed by atoms with van der Waals surface area (Å²) in [6.07, 6.45) is -1.32. The van der Waals surface area contributed by atoms with Gasteiger partial charge in [0, 0.05) is 12.6 Å². The Kier molecular flexibility index (Phi) is 6.16. The topological polar surface area (TPSA) is 137 Å². The smallest absolute Gasteiger partial charge is 0.253 e. The van der Waals surface area contributed by atoms with Crippen molar-refractivity contribution >= 4 is 27.5 Å². The number of carbonyl (C=O) groups is 2. The second kappa shape index (κ2) is 8.60. The van der Waals surface area contributed by atoms with Crippen LogP contribution < -0.4 is 20.7 Å². The van der Waals surface area contributed by atoms with Gasteiger partial charge in [0.2, 0.25) is 15.9 Å². The minimum Gasteiger partial charge on any atom is -0.361 e. The molecule has 29 heavy (non-hydrogen) atoms. The van der Waals surface area contributed by atoms with Gasteiger partial charge in [0.15, 0.2) is 11.6 Å². The van der Waals surface area contributed by atoms with E-state index in [2.05, 4.69) is 20.7 Å². The molecular formula is C19H22N4O5S. The van der Waals surface area contributed by atoms with E-state index in [9.17, 15) is 23.1 Å². The Hall–Kier alpha value is -2.95. The quantitative estimate of drug-likeness (QED) is 0.452. The second-order valence-corrected chi connectivity index (χ2v) is 8.45. The van der Waals surface area contributed by atoms with Gasteiger partial charge in [-0.1, -0.05) is 42.5 Å². The Morgan fingerprint density at radius 3 is 2.45 bits per heavy atom. The highest BCUT2D eigenvalue weighted by Gasteiger charge is 2.42. The largest absolute Gasteiger partial charge is 0.361 e. The third kappa shape index (κ3) is 4.91. The Bertz CT molecular complexity index is 997. The number of nitrogens with one attached hydrogen (secondary N) is 4. The minimum atomic E-state index is -4.20. The first-order chi connectivity index (χ1) is 13.8. The van der Waals surface area contributed by atoms with Gasteiger partial charge in [-0.2, -0.15) is 0 Å². The van der Waals surface area contributed by atoms with E-state index < -0.39 is 39.5 Å². The fourth-order valence-corrected chi connectivity index (χ4v) is 4.67. The summed E-state index contributed by atoms with van der Waals surface area (Å²) >= 11 is 0. The molecule has 2 amide bonds. The maximum absolute atomic E-state index is 12.8. The molecule has 2 aromatic rings. The third-order valence-corrected chi connectivity index (χ3v) is 6.26. The SMILES string of the molecule is CC1NC(O)NC(=O)C1S(=O)(=O)Nc1ccccc1C(=O)NCc1ccccc1. The van der Waals surface area contributed by atoms with Crippen LogP contribution in [0.4, 0.5) is 5.69 Å². The molecule has 1 heterocycles. The molecule has 1 fully saturated rings. The molecule has 3 rings (SSSR count). The molecule has 0 saturated carbocycles. The molecule has 0 spiro atoms. The predicted molar refractivity (Wildman–Crippen MR) is 107 cm³/mol. The van der Waals surface area contributed by atoms with Gasteiger partial charge in [-0.15, -0.1) is 0 Å². The first kappa shape index (κ1) is 20.8. The number of benzene rings is 2. The summed E-state index contributed by atoms with van der Waals surface area (Å²) in [7, 11) is -4.20. The standard InChI is InChI=1S/C19H22N4O5S/c1-12-16(18(25)22-19(26)21-12)29(27,28)23-15-10-6-5-9-14(15)17(24)20-11-13-7-3-2-4-8-13/h2-10,12,16,19,21,23,26H,11H2,1H3,(H,20,24)(H,22,25). The summed E-state index contributed by atoms with van der Waals surface area (Å²) in [5, 5.41) is 15.4. The predicted octanol–water partition coefficient (Wildman–Crippen LogP) is 0.111. The number of amides is 2. The van der Waals surface area contributed by atoms with Crippen LogP contribution in [0.5, 0.6) is 0 Å². The highest BCUT2D eigenvalue weighted by atomic mass is 32.2. The van der Waals surface area contributed by atoms with Crippen molar-refractivity contribution in [3.63, 3.8) is 0 Å². The average Bonchev–Trinajstić information content (AvgIpc) is 2.66. The van der Waals surface area contributed by atoms with Crippen LogP contribution in [0.15, 0.2) is 54.6 Å². The molecule has 154 valence electrons. The van der Waals surface area contributed by atoms with E-state index in [0.717, 1.165) is 5.56 Å². The zero-order chi connectivity index (χ0) is 21.0. The fourth-order valence-electron chi connectivity index (χ4n) is 3.09. The van der Waals surface area contributed by atoms with Gasteiger partial charge in [-0.05, 0) is 24.6 Å². The number of sulfonamides is 1. The summed E-state index contributed by atoms with van der Waals surface area (Å²) in [6, 6.07) is 14.6. The zero-order valence-corrected chi connectivity index (χ0v) is 16.4. The lowest BCUT2D eigenvalue weighted by atomic mass is 10.1. The maximum atomic E-state index is 12.8. The number of para-hydroxylation sites is 1. The number of rotatable bonds is 6. The lowest BCUT2D eigenvalue weighted by Crippen LogP contribution is -2.65. The van der Waals surface area contributed by atoms with Gasteiger partial charge >= 0.3 is 0 Å². The minimum absolute atomic E-state index is 0.0594. The van der Waals surface area contributed by atoms with Crippen molar-refractivity contribution < 1.29 is 23.1 Å². The molecule has 10 heteroatoms. The first-order valence-corrected chi connectivity index (χ1v) is 10.5. The van der Waals surface area contributed by atoms with Crippen molar-refractivity contribution in [2.45, 2.75) is 31.1 Å². The van der Waals surface area contributed by atoms with Gasteiger partial charge in [0.25, 0.3) is 5.91 Å². The zero-order valence-electron chi connectivity index (χ0n) is 15.6. The molecular weight excluding hydrogens is 396 g/mol. The molecule has 0 bridgehead atoms. The number of carbonyl (C=O) groups excluding carboxylic acids is 2. The van der Waals surface area contributed by atoms with Crippen LogP contribution >= 0.6 is 0 Å². The van der Waals surface area contributed by atoms with Crippen molar-refractivity contribution in [1.82, 2.24) is 16.0 Å². The van der Waals surface area contributed by atoms with Gasteiger partial charge in [0.1, 0.15) is 0 Å². The lowest BCUT2D eigenvalue weighted by molar-refractivity contribution is -0.127. The number of hydrogen-bond acceptors (Lipinski definition) is 6. The summed E-state index contributed by atoms with van der Waals surface area (Å²) in [5.74, 6) is -1.29. The molecule has 1 aliphatic heterocycles. The third-order valence-electron chi connectivity index (χ3n) is 4.47. The Morgan fingerprint density at radius 2 is 1.76 bits per heavy atom. The van der Waals surface area contributed by atoms with E-state index in [1.807, 2.05) is 30.3 Å². The fraction of sp³-hybridized carbons (Fsp3) is 0.263. The normalized spacial score (nSPS) is 21.9. The Labute approximate surface area is 168 Å². The Balaban J connectivity index is 1.78. The van der Waals surface area contributed by atoms with Crippen molar-refractivity contribution in [2.24, 2.45) is 0 Å². The summed E-state index contributed by atoms with van der Waals surface area (Å²) < 4.78 is 28.0. The molecule has 1 aliphatic rings. The monoisotopic (exact) mass is 418 g/mol. The summed E-state index contributed by atoms with van der Waals surface area (Å²) in [4.78, 5) is 24.7. The summed E-state index contributed by atoms with van der Waals surface area (Å²) in [6.45, 7) is 1.76. The van der Waals surface area contributed by atoms with Crippen LogP contribution in [-0.4, -0.2) is 43.0 Å². The van der Waals surface area contributed by atoms with Crippen LogP contribution in [0.1, 0.15) is 22.8 Å². The number of aliphatic hydroxyl groups excluding tert-OH is 1. The van der Waals surface area contributed by atoms with Gasteiger partial charge in [0.05, 0.1) is 11.3 Å². The van der Waals surface area contributed by atoms with Crippen LogP contribution in [-0.2, 0) is 21.4 Å². The van der Waals surface area contributed by atoms with E-state index in [1.165, 1.54) is 19.1 Å². The number of hydrogen-bond donors (Lipinski definition) is 5. The maximum Gasteiger partial charge on any atom is 0.253 e. The van der Waals surface area contributed by atoms with E-state index in [1.54, 1.807) is 12.1 Å². The van der Waals surface area contributed by atoms with Gasteiger partial charge in [-0.25, -0.2) is 8.42 Å². The van der Waals surface area contributed by atoms with Crippen LogP contribution in [0.25, 0.3) is 0 Å². The van der Waals surface area contributed by atoms with Crippen molar-refractivity contribution in [3.05, 3.63) is 65.7 Å². The first-order valence-electron chi connectivity index (χ1n) is 8.95. The highest BCUT2D eigenvalue weighted by Crippen LogP contribution is 2.20. The number of aliphatic hydroxyl groups is 1. The van der Waals surface area contributed by atoms with Crippen molar-refractivity contribution in [3.8, 4) is 0 Å². The van der Waals surface area contributed by atoms with Gasteiger partial charge < -0.3 is 15.7 Å². The lowest BCUT2D eigenvalue weighted by Gasteiger charge is -2.32.